The molecule has 35 heavy (non-hydrogen) atoms. The molecule has 10 heteroatoms. The summed E-state index contributed by atoms with van der Waals surface area (Å²) >= 11 is 9.83. The summed E-state index contributed by atoms with van der Waals surface area (Å²) in [5, 5.41) is 10.9. The standard InChI is InChI=1S/C25H29BrClN5O3/c1-25(2,3)21-15-22(32(30-21)20-12-8-6-10-18(20)27)29-23(33)16-31(13-14-35-4)24(34)28-19-11-7-5-9-17(19)26/h5-12,15H,13-14,16H2,1-4H3,(H,28,34)(H,29,33). The molecule has 1 aromatic heterocycles. The van der Waals surface area contributed by atoms with Crippen molar-refractivity contribution in [3.63, 3.8) is 0 Å². The van der Waals surface area contributed by atoms with Crippen LogP contribution in [0.2, 0.25) is 5.02 Å². The Kier molecular flexibility index (Phi) is 8.93. The Hall–Kier alpha value is -2.88. The highest BCUT2D eigenvalue weighted by molar-refractivity contribution is 9.10. The maximum absolute atomic E-state index is 13.1. The van der Waals surface area contributed by atoms with Gasteiger partial charge in [0, 0.05) is 29.6 Å². The van der Waals surface area contributed by atoms with E-state index >= 15 is 0 Å². The molecule has 8 nitrogen and oxygen atoms in total. The zero-order valence-electron chi connectivity index (χ0n) is 20.1. The maximum Gasteiger partial charge on any atom is 0.322 e. The van der Waals surface area contributed by atoms with Crippen molar-refractivity contribution in [3.8, 4) is 5.69 Å². The topological polar surface area (TPSA) is 88.5 Å². The number of hydrogen-bond acceptors (Lipinski definition) is 4. The van der Waals surface area contributed by atoms with Crippen LogP contribution in [0.1, 0.15) is 26.5 Å². The van der Waals surface area contributed by atoms with Crippen LogP contribution in [0.25, 0.3) is 5.69 Å². The van der Waals surface area contributed by atoms with Crippen molar-refractivity contribution in [1.29, 1.82) is 0 Å². The van der Waals surface area contributed by atoms with Crippen LogP contribution in [0, 0.1) is 0 Å². The van der Waals surface area contributed by atoms with Gasteiger partial charge in [0.2, 0.25) is 5.91 Å². The highest BCUT2D eigenvalue weighted by Gasteiger charge is 2.24. The number of halogens is 2. The zero-order chi connectivity index (χ0) is 25.6. The molecule has 0 aliphatic rings. The van der Waals surface area contributed by atoms with Crippen molar-refractivity contribution in [3.05, 3.63) is 69.8 Å². The number of nitrogens with zero attached hydrogens (tertiary/aromatic N) is 3. The minimum Gasteiger partial charge on any atom is -0.383 e. The van der Waals surface area contributed by atoms with Gasteiger partial charge >= 0.3 is 6.03 Å². The number of rotatable bonds is 8. The first-order valence-electron chi connectivity index (χ1n) is 11.0. The summed E-state index contributed by atoms with van der Waals surface area (Å²) in [7, 11) is 1.54. The molecule has 0 bridgehead atoms. The Morgan fingerprint density at radius 1 is 1.11 bits per heavy atom. The number of methoxy groups -OCH3 is 1. The summed E-state index contributed by atoms with van der Waals surface area (Å²) < 4.78 is 7.49. The molecule has 0 fully saturated rings. The number of nitrogens with one attached hydrogen (secondary N) is 2. The third kappa shape index (κ3) is 7.06. The quantitative estimate of drug-likeness (QED) is 0.368. The van der Waals surface area contributed by atoms with Gasteiger partial charge in [0.25, 0.3) is 0 Å². The highest BCUT2D eigenvalue weighted by Crippen LogP contribution is 2.29. The molecule has 0 aliphatic heterocycles. The van der Waals surface area contributed by atoms with Gasteiger partial charge in [0.05, 0.1) is 28.7 Å². The van der Waals surface area contributed by atoms with Gasteiger partial charge in [-0.15, -0.1) is 0 Å². The lowest BCUT2D eigenvalue weighted by Crippen LogP contribution is -2.42. The van der Waals surface area contributed by atoms with Gasteiger partial charge in [-0.25, -0.2) is 9.48 Å². The molecule has 0 spiro atoms. The first-order valence-corrected chi connectivity index (χ1v) is 12.2. The predicted octanol–water partition coefficient (Wildman–Crippen LogP) is 5.70. The van der Waals surface area contributed by atoms with E-state index in [9.17, 15) is 9.59 Å². The lowest BCUT2D eigenvalue weighted by molar-refractivity contribution is -0.116. The molecule has 0 atom stereocenters. The molecule has 1 heterocycles. The number of carbonyl (C=O) groups excluding carboxylic acids is 2. The Bertz CT molecular complexity index is 1190. The van der Waals surface area contributed by atoms with Gasteiger partial charge < -0.3 is 20.3 Å². The van der Waals surface area contributed by atoms with Gasteiger partial charge in [-0.2, -0.15) is 5.10 Å². The molecule has 2 N–H and O–H groups in total. The molecule has 3 aromatic rings. The maximum atomic E-state index is 13.1. The fourth-order valence-corrected chi connectivity index (χ4v) is 3.81. The van der Waals surface area contributed by atoms with E-state index in [1.165, 1.54) is 4.90 Å². The Morgan fingerprint density at radius 3 is 2.46 bits per heavy atom. The van der Waals surface area contributed by atoms with E-state index in [2.05, 4.69) is 26.6 Å². The highest BCUT2D eigenvalue weighted by atomic mass is 79.9. The van der Waals surface area contributed by atoms with Crippen LogP contribution in [-0.4, -0.2) is 53.4 Å². The zero-order valence-corrected chi connectivity index (χ0v) is 22.5. The molecular formula is C25H29BrClN5O3. The van der Waals surface area contributed by atoms with Gasteiger partial charge in [0.15, 0.2) is 0 Å². The first-order chi connectivity index (χ1) is 16.6. The minimum absolute atomic E-state index is 0.182. The van der Waals surface area contributed by atoms with Crippen LogP contribution < -0.4 is 10.6 Å². The summed E-state index contributed by atoms with van der Waals surface area (Å²) in [6, 6.07) is 15.9. The number of para-hydroxylation sites is 2. The van der Waals surface area contributed by atoms with Gasteiger partial charge in [-0.05, 0) is 40.2 Å². The van der Waals surface area contributed by atoms with Crippen molar-refractivity contribution in [2.75, 3.05) is 37.4 Å². The SMILES string of the molecule is COCCN(CC(=O)Nc1cc(C(C)(C)C)nn1-c1ccccc1Cl)C(=O)Nc1ccccc1Br. The van der Waals surface area contributed by atoms with Crippen molar-refractivity contribution in [2.45, 2.75) is 26.2 Å². The third-order valence-corrected chi connectivity index (χ3v) is 6.14. The predicted molar refractivity (Wildman–Crippen MR) is 143 cm³/mol. The van der Waals surface area contributed by atoms with Crippen LogP contribution >= 0.6 is 27.5 Å². The van der Waals surface area contributed by atoms with Gasteiger partial charge in [-0.3, -0.25) is 4.79 Å². The first kappa shape index (κ1) is 26.7. The third-order valence-electron chi connectivity index (χ3n) is 5.13. The van der Waals surface area contributed by atoms with E-state index in [1.807, 2.05) is 63.2 Å². The van der Waals surface area contributed by atoms with Crippen molar-refractivity contribution in [2.24, 2.45) is 0 Å². The molecule has 0 saturated heterocycles. The number of amides is 3. The average molecular weight is 563 g/mol. The van der Waals surface area contributed by atoms with E-state index in [-0.39, 0.29) is 31.0 Å². The fraction of sp³-hybridized carbons (Fsp3) is 0.320. The van der Waals surface area contributed by atoms with Crippen LogP contribution in [0.3, 0.4) is 0 Å². The van der Waals surface area contributed by atoms with Crippen LogP contribution in [0.4, 0.5) is 16.3 Å². The fourth-order valence-electron chi connectivity index (χ4n) is 3.21. The van der Waals surface area contributed by atoms with Crippen LogP contribution in [-0.2, 0) is 14.9 Å². The monoisotopic (exact) mass is 561 g/mol. The summed E-state index contributed by atoms with van der Waals surface area (Å²) in [6.45, 7) is 6.45. The number of aromatic nitrogens is 2. The number of urea groups is 1. The van der Waals surface area contributed by atoms with Crippen molar-refractivity contribution >= 4 is 51.0 Å². The van der Waals surface area contributed by atoms with E-state index in [0.717, 1.165) is 10.2 Å². The van der Waals surface area contributed by atoms with Crippen LogP contribution in [0.5, 0.6) is 0 Å². The lowest BCUT2D eigenvalue weighted by atomic mass is 9.92. The second-order valence-electron chi connectivity index (χ2n) is 8.90. The molecule has 0 saturated carbocycles. The largest absolute Gasteiger partial charge is 0.383 e. The van der Waals surface area contributed by atoms with Gasteiger partial charge in [0.1, 0.15) is 12.4 Å². The molecule has 0 aliphatic carbocycles. The van der Waals surface area contributed by atoms with E-state index in [1.54, 1.807) is 23.9 Å². The molecule has 2 aromatic carbocycles. The van der Waals surface area contributed by atoms with E-state index < -0.39 is 6.03 Å². The van der Waals surface area contributed by atoms with Crippen LogP contribution in [0.15, 0.2) is 59.1 Å². The van der Waals surface area contributed by atoms with E-state index in [4.69, 9.17) is 21.4 Å². The summed E-state index contributed by atoms with van der Waals surface area (Å²) in [5.74, 6) is 0.0861. The molecule has 3 amide bonds. The van der Waals surface area contributed by atoms with E-state index in [0.29, 0.717) is 22.2 Å². The lowest BCUT2D eigenvalue weighted by Gasteiger charge is -2.22. The smallest absolute Gasteiger partial charge is 0.322 e. The summed E-state index contributed by atoms with van der Waals surface area (Å²) in [5.41, 5.74) is 1.78. The Morgan fingerprint density at radius 2 is 1.80 bits per heavy atom. The van der Waals surface area contributed by atoms with Crippen molar-refractivity contribution < 1.29 is 14.3 Å². The molecular weight excluding hydrogens is 534 g/mol. The number of anilines is 2. The summed E-state index contributed by atoms with van der Waals surface area (Å²) in [6.07, 6.45) is 0. The number of hydrogen-bond donors (Lipinski definition) is 2. The summed E-state index contributed by atoms with van der Waals surface area (Å²) in [4.78, 5) is 27.4. The Balaban J connectivity index is 1.82. The molecule has 3 rings (SSSR count). The van der Waals surface area contributed by atoms with Gasteiger partial charge in [-0.1, -0.05) is 56.6 Å². The minimum atomic E-state index is -0.418. The second kappa shape index (κ2) is 11.7. The normalized spacial score (nSPS) is 11.3. The molecule has 0 radical (unpaired) electrons. The van der Waals surface area contributed by atoms with Crippen molar-refractivity contribution in [1.82, 2.24) is 14.7 Å². The number of benzene rings is 2. The Labute approximate surface area is 218 Å². The molecule has 186 valence electrons. The average Bonchev–Trinajstić information content (AvgIpc) is 3.22. The molecule has 0 unspecified atom stereocenters. The number of ether oxygens (including phenoxy) is 1. The number of carbonyl (C=O) groups is 2. The second-order valence-corrected chi connectivity index (χ2v) is 10.2.